The van der Waals surface area contributed by atoms with E-state index < -0.39 is 57.5 Å². The Balaban J connectivity index is 0.932. The summed E-state index contributed by atoms with van der Waals surface area (Å²) in [6.07, 6.45) is 0.0604. The lowest BCUT2D eigenvalue weighted by Crippen LogP contribution is -2.43. The van der Waals surface area contributed by atoms with E-state index in [2.05, 4.69) is 30.6 Å². The highest BCUT2D eigenvalue weighted by molar-refractivity contribution is 8.15. The van der Waals surface area contributed by atoms with E-state index in [1.54, 1.807) is 65.9 Å². The van der Waals surface area contributed by atoms with Crippen LogP contribution in [-0.4, -0.2) is 198 Å². The smallest absolute Gasteiger partial charge is 0.415 e. The van der Waals surface area contributed by atoms with Crippen molar-refractivity contribution in [1.29, 1.82) is 0 Å². The lowest BCUT2D eigenvalue weighted by atomic mass is 9.71. The Kier molecular flexibility index (Phi) is 24.7. The number of carbonyl (C=O) groups excluding carboxylic acids is 6. The number of carbonyl (C=O) groups is 7. The van der Waals surface area contributed by atoms with Crippen LogP contribution in [0.15, 0.2) is 75.8 Å². The number of ether oxygens (including phenoxy) is 3. The zero-order chi connectivity index (χ0) is 64.8. The van der Waals surface area contributed by atoms with Crippen molar-refractivity contribution in [1.82, 2.24) is 35.4 Å². The Morgan fingerprint density at radius 1 is 0.864 bits per heavy atom. The molecule has 4 amide bonds. The standard InChI is InChI=1S/C60H76FN9O15S3/c1-34(2)51-43(52(38-11-13-39(61)14-12-38)67-58(66-51)69(9)88(10,81)82)17-15-40(71)29-41(72)30-48(74)63-21-20-62-47(73)19-25-83-27-28-84-26-24-70(23-22-68(8)49(75)32-60(6,7)50-37(5)53(76)35(3)36(4)54(50)77)59(80)85-42-16-18-44-46(31-42)87-56(64-44)55-65-45(33-86-55)57(78)79/h11-18,31,34,40-41,45,71-72H,19-30,32-33H2,1-10H3,(H,62,73)(H,63,74)(H,78,79)/t40-,41-,45?/m1/s1. The molecule has 24 nitrogen and oxygen atoms in total. The van der Waals surface area contributed by atoms with E-state index >= 15 is 0 Å². The Hall–Kier alpha value is -7.34. The number of aliphatic hydroxyl groups excluding tert-OH is 2. The summed E-state index contributed by atoms with van der Waals surface area (Å²) in [5.41, 5.74) is 2.59. The molecular formula is C60H76FN9O15S3. The number of sulfonamides is 1. The highest BCUT2D eigenvalue weighted by atomic mass is 32.2. The van der Waals surface area contributed by atoms with Crippen LogP contribution in [0.5, 0.6) is 5.75 Å². The van der Waals surface area contributed by atoms with Gasteiger partial charge in [0.1, 0.15) is 21.6 Å². The molecule has 3 atom stereocenters. The largest absolute Gasteiger partial charge is 0.480 e. The maximum absolute atomic E-state index is 13.9. The minimum Gasteiger partial charge on any atom is -0.480 e. The summed E-state index contributed by atoms with van der Waals surface area (Å²) in [5, 5.41) is 37.3. The number of amides is 4. The van der Waals surface area contributed by atoms with Crippen LogP contribution in [-0.2, 0) is 48.3 Å². The van der Waals surface area contributed by atoms with Crippen LogP contribution in [0, 0.1) is 11.2 Å². The Morgan fingerprint density at radius 2 is 1.52 bits per heavy atom. The van der Waals surface area contributed by atoms with Gasteiger partial charge in [-0.25, -0.2) is 41.7 Å². The lowest BCUT2D eigenvalue weighted by Gasteiger charge is -2.33. The number of carboxylic acid groups (broad SMARTS) is 1. The quantitative estimate of drug-likeness (QED) is 0.0297. The van der Waals surface area contributed by atoms with E-state index in [0.29, 0.717) is 65.1 Å². The van der Waals surface area contributed by atoms with Gasteiger partial charge < -0.3 is 50.0 Å². The van der Waals surface area contributed by atoms with Crippen LogP contribution in [0.4, 0.5) is 15.1 Å². The molecule has 0 fully saturated rings. The van der Waals surface area contributed by atoms with Crippen molar-refractivity contribution < 1.29 is 75.9 Å². The number of hydrogen-bond donors (Lipinski definition) is 5. The molecule has 3 heterocycles. The van der Waals surface area contributed by atoms with E-state index in [1.807, 2.05) is 13.8 Å². The number of fused-ring (bicyclic) bond motifs is 1. The summed E-state index contributed by atoms with van der Waals surface area (Å²) in [6.45, 7) is 12.5. The number of aliphatic carboxylic acids is 1. The molecule has 88 heavy (non-hydrogen) atoms. The van der Waals surface area contributed by atoms with Crippen LogP contribution < -0.4 is 19.7 Å². The van der Waals surface area contributed by atoms with E-state index in [1.165, 1.54) is 70.3 Å². The van der Waals surface area contributed by atoms with Gasteiger partial charge in [-0.1, -0.05) is 39.8 Å². The number of aliphatic hydroxyl groups is 2. The van der Waals surface area contributed by atoms with E-state index in [-0.39, 0.29) is 132 Å². The van der Waals surface area contributed by atoms with Crippen molar-refractivity contribution in [3.05, 3.63) is 92.9 Å². The third-order valence-corrected chi connectivity index (χ3v) is 17.8. The second-order valence-corrected chi connectivity index (χ2v) is 26.2. The molecule has 0 bridgehead atoms. The van der Waals surface area contributed by atoms with Gasteiger partial charge in [0.2, 0.25) is 33.7 Å². The van der Waals surface area contributed by atoms with Crippen LogP contribution in [0.1, 0.15) is 96.3 Å². The van der Waals surface area contributed by atoms with Crippen LogP contribution in [0.2, 0.25) is 0 Å². The first kappa shape index (κ1) is 69.8. The van der Waals surface area contributed by atoms with Crippen molar-refractivity contribution in [3.63, 3.8) is 0 Å². The number of rotatable bonds is 31. The zero-order valence-electron chi connectivity index (χ0n) is 50.9. The average molecular weight is 1280 g/mol. The monoisotopic (exact) mass is 1280 g/mol. The summed E-state index contributed by atoms with van der Waals surface area (Å²) in [4.78, 5) is 111. The number of aliphatic imine (C=N–C) groups is 1. The third-order valence-electron chi connectivity index (χ3n) is 14.5. The maximum atomic E-state index is 13.9. The number of halogens is 1. The number of carboxylic acids is 1. The summed E-state index contributed by atoms with van der Waals surface area (Å²) >= 11 is 2.58. The molecule has 1 aliphatic carbocycles. The predicted molar refractivity (Wildman–Crippen MR) is 332 cm³/mol. The second kappa shape index (κ2) is 31.2. The molecule has 0 radical (unpaired) electrons. The first-order valence-corrected chi connectivity index (χ1v) is 32.0. The molecule has 476 valence electrons. The molecular weight excluding hydrogens is 1200 g/mol. The molecule has 1 aliphatic heterocycles. The number of likely N-dealkylation sites (N-methyl/N-ethyl adjacent to an activating group) is 1. The molecule has 2 aliphatic rings. The summed E-state index contributed by atoms with van der Waals surface area (Å²) in [5.74, 6) is -3.05. The fraction of sp³-hybridized carbons (Fsp3) is 0.483. The number of anilines is 1. The highest BCUT2D eigenvalue weighted by Gasteiger charge is 2.39. The highest BCUT2D eigenvalue weighted by Crippen LogP contribution is 2.40. The number of allylic oxidation sites excluding steroid dienone is 4. The normalized spacial score (nSPS) is 15.5. The number of thiazole rings is 1. The molecule has 0 saturated heterocycles. The SMILES string of the molecule is CC1=C(C)C(=O)C(C(C)(C)CC(=O)N(C)CCN(CCOCCOCCC(=O)NCCNC(=O)C[C@H](O)C[C@H](O)C=Cc2c(-c3ccc(F)cc3)nc(N(C)S(C)(=O)=O)nc2C(C)C)C(=O)Oc2ccc3nc(C4=NC(C(=O)O)CS4)sc3c2)=C(C)C1=O. The van der Waals surface area contributed by atoms with Gasteiger partial charge in [-0.2, -0.15) is 0 Å². The van der Waals surface area contributed by atoms with Gasteiger partial charge in [-0.15, -0.1) is 23.1 Å². The van der Waals surface area contributed by atoms with Crippen LogP contribution in [0.25, 0.3) is 27.6 Å². The van der Waals surface area contributed by atoms with Crippen molar-refractivity contribution in [2.45, 2.75) is 98.3 Å². The van der Waals surface area contributed by atoms with Crippen molar-refractivity contribution in [3.8, 4) is 17.0 Å². The summed E-state index contributed by atoms with van der Waals surface area (Å²) in [6, 6.07) is 9.48. The van der Waals surface area contributed by atoms with Crippen LogP contribution in [0.3, 0.4) is 0 Å². The second-order valence-electron chi connectivity index (χ2n) is 22.1. The van der Waals surface area contributed by atoms with Crippen molar-refractivity contribution in [2.75, 3.05) is 89.6 Å². The molecule has 1 unspecified atom stereocenters. The molecule has 0 spiro atoms. The summed E-state index contributed by atoms with van der Waals surface area (Å²) in [7, 11) is -0.851. The number of nitrogens with one attached hydrogen (secondary N) is 2. The molecule has 2 aromatic heterocycles. The average Bonchev–Trinajstić information content (AvgIpc) is 2.33. The van der Waals surface area contributed by atoms with Gasteiger partial charge in [-0.05, 0) is 63.1 Å². The topological polar surface area (TPSA) is 327 Å². The lowest BCUT2D eigenvalue weighted by molar-refractivity contribution is -0.138. The minimum absolute atomic E-state index is 0.00529. The van der Waals surface area contributed by atoms with Gasteiger partial charge in [0.05, 0.1) is 72.9 Å². The first-order chi connectivity index (χ1) is 41.4. The number of nitrogens with zero attached hydrogens (tertiary/aromatic N) is 7. The van der Waals surface area contributed by atoms with Crippen molar-refractivity contribution in [2.24, 2.45) is 10.4 Å². The third kappa shape index (κ3) is 19.1. The number of benzene rings is 2. The van der Waals surface area contributed by atoms with E-state index in [0.717, 1.165) is 10.6 Å². The van der Waals surface area contributed by atoms with Crippen LogP contribution >= 0.6 is 23.1 Å². The number of thioether (sulfide) groups is 1. The zero-order valence-corrected chi connectivity index (χ0v) is 53.3. The summed E-state index contributed by atoms with van der Waals surface area (Å²) < 4.78 is 57.5. The maximum Gasteiger partial charge on any atom is 0.415 e. The Labute approximate surface area is 518 Å². The van der Waals surface area contributed by atoms with E-state index in [9.17, 15) is 61.7 Å². The van der Waals surface area contributed by atoms with E-state index in [4.69, 9.17) is 14.2 Å². The van der Waals surface area contributed by atoms with Gasteiger partial charge >= 0.3 is 12.1 Å². The first-order valence-electron chi connectivity index (χ1n) is 28.3. The number of aromatic nitrogens is 3. The van der Waals surface area contributed by atoms with Gasteiger partial charge in [0, 0.05) is 117 Å². The number of hydrogen-bond acceptors (Lipinski definition) is 20. The number of Topliss-reactive ketones (excluding diaryl/α,β-unsaturated/α-hetero) is 2. The van der Waals surface area contributed by atoms with Gasteiger partial charge in [-0.3, -0.25) is 29.0 Å². The fourth-order valence-electron chi connectivity index (χ4n) is 9.33. The van der Waals surface area contributed by atoms with Gasteiger partial charge in [0.25, 0.3) is 0 Å². The molecule has 6 rings (SSSR count). The minimum atomic E-state index is -3.74. The number of ketones is 2. The molecule has 28 heteroatoms. The molecule has 5 N–H and O–H groups in total. The molecule has 0 saturated carbocycles. The molecule has 2 aromatic carbocycles. The fourth-order valence-corrected chi connectivity index (χ4v) is 11.8. The van der Waals surface area contributed by atoms with Crippen molar-refractivity contribution >= 4 is 102 Å². The Morgan fingerprint density at radius 3 is 2.17 bits per heavy atom. The predicted octanol–water partition coefficient (Wildman–Crippen LogP) is 5.71. The van der Waals surface area contributed by atoms with Gasteiger partial charge in [0.15, 0.2) is 17.6 Å². The molecule has 4 aromatic rings. The Bertz CT molecular complexity index is 3510.